The number of nitrogens with zero attached hydrogens (tertiary/aromatic N) is 3. The molecule has 0 bridgehead atoms. The molecule has 2 amide bonds. The van der Waals surface area contributed by atoms with Crippen LogP contribution in [0.15, 0.2) is 30.3 Å². The monoisotopic (exact) mass is 497 g/mol. The Morgan fingerprint density at radius 2 is 1.80 bits per heavy atom. The third-order valence-corrected chi connectivity index (χ3v) is 8.29. The zero-order valence-electron chi connectivity index (χ0n) is 20.4. The van der Waals surface area contributed by atoms with E-state index in [1.165, 1.54) is 18.2 Å². The topological polar surface area (TPSA) is 72.0 Å². The van der Waals surface area contributed by atoms with Crippen molar-refractivity contribution in [3.63, 3.8) is 0 Å². The number of aromatic nitrogens is 1. The molecule has 3 heterocycles. The highest BCUT2D eigenvalue weighted by Gasteiger charge is 2.44. The number of benzene rings is 1. The van der Waals surface area contributed by atoms with E-state index in [-0.39, 0.29) is 28.3 Å². The van der Waals surface area contributed by atoms with Crippen molar-refractivity contribution in [2.45, 2.75) is 38.5 Å². The maximum absolute atomic E-state index is 13.5. The van der Waals surface area contributed by atoms with E-state index in [0.717, 1.165) is 57.4 Å². The largest absolute Gasteiger partial charge is 0.496 e. The first-order valence-electron chi connectivity index (χ1n) is 12.4. The molecule has 1 aliphatic carbocycles. The molecule has 1 spiro atoms. The molecule has 0 radical (unpaired) electrons. The Morgan fingerprint density at radius 1 is 1.06 bits per heavy atom. The van der Waals surface area contributed by atoms with Gasteiger partial charge in [-0.25, -0.2) is 4.98 Å². The fraction of sp³-hybridized carbons (Fsp3) is 0.519. The summed E-state index contributed by atoms with van der Waals surface area (Å²) in [6, 6.07) is 9.38. The van der Waals surface area contributed by atoms with Crippen molar-refractivity contribution < 1.29 is 19.1 Å². The predicted molar refractivity (Wildman–Crippen MR) is 133 cm³/mol. The van der Waals surface area contributed by atoms with Gasteiger partial charge in [-0.15, -0.1) is 0 Å². The quantitative estimate of drug-likeness (QED) is 0.597. The molecule has 2 fully saturated rings. The summed E-state index contributed by atoms with van der Waals surface area (Å²) in [7, 11) is 3.20. The highest BCUT2D eigenvalue weighted by molar-refractivity contribution is 6.29. The van der Waals surface area contributed by atoms with E-state index in [1.54, 1.807) is 19.2 Å². The maximum atomic E-state index is 13.5. The van der Waals surface area contributed by atoms with Crippen LogP contribution in [0.25, 0.3) is 0 Å². The van der Waals surface area contributed by atoms with Gasteiger partial charge < -0.3 is 19.3 Å². The second kappa shape index (κ2) is 9.69. The van der Waals surface area contributed by atoms with Crippen molar-refractivity contribution in [3.05, 3.63) is 52.2 Å². The molecule has 3 aliphatic rings. The number of hydrogen-bond acceptors (Lipinski definition) is 5. The minimum absolute atomic E-state index is 0.0158. The van der Waals surface area contributed by atoms with Crippen LogP contribution in [0, 0.1) is 11.3 Å². The summed E-state index contributed by atoms with van der Waals surface area (Å²) in [6.45, 7) is 2.95. The first kappa shape index (κ1) is 23.9. The fourth-order valence-electron chi connectivity index (χ4n) is 6.01. The summed E-state index contributed by atoms with van der Waals surface area (Å²) in [4.78, 5) is 34.6. The molecule has 5 rings (SSSR count). The van der Waals surface area contributed by atoms with Crippen molar-refractivity contribution in [1.29, 1.82) is 0 Å². The predicted octanol–water partition coefficient (Wildman–Crippen LogP) is 4.01. The van der Waals surface area contributed by atoms with Crippen LogP contribution in [0.2, 0.25) is 5.15 Å². The average Bonchev–Trinajstić information content (AvgIpc) is 3.30. The van der Waals surface area contributed by atoms with Gasteiger partial charge in [-0.2, -0.15) is 0 Å². The van der Waals surface area contributed by atoms with Crippen molar-refractivity contribution in [2.24, 2.45) is 11.3 Å². The lowest BCUT2D eigenvalue weighted by atomic mass is 9.77. The number of pyridine rings is 1. The average molecular weight is 498 g/mol. The van der Waals surface area contributed by atoms with Crippen LogP contribution in [-0.4, -0.2) is 67.0 Å². The smallest absolute Gasteiger partial charge is 0.254 e. The van der Waals surface area contributed by atoms with E-state index in [9.17, 15) is 9.59 Å². The molecule has 186 valence electrons. The molecule has 1 aromatic heterocycles. The van der Waals surface area contributed by atoms with Gasteiger partial charge in [0, 0.05) is 43.7 Å². The number of ether oxygens (including phenoxy) is 2. The van der Waals surface area contributed by atoms with Crippen molar-refractivity contribution >= 4 is 23.4 Å². The zero-order chi connectivity index (χ0) is 24.6. The van der Waals surface area contributed by atoms with Gasteiger partial charge in [-0.1, -0.05) is 23.7 Å². The Balaban J connectivity index is 1.20. The van der Waals surface area contributed by atoms with E-state index in [2.05, 4.69) is 16.0 Å². The van der Waals surface area contributed by atoms with E-state index < -0.39 is 0 Å². The lowest BCUT2D eigenvalue weighted by Crippen LogP contribution is -2.45. The van der Waals surface area contributed by atoms with Crippen LogP contribution in [0.3, 0.4) is 0 Å². The highest BCUT2D eigenvalue weighted by Crippen LogP contribution is 2.42. The van der Waals surface area contributed by atoms with Crippen molar-refractivity contribution in [3.8, 4) is 11.6 Å². The SMILES string of the molecule is COc1cc(C(=O)N2CCC3(CC2)CCN(C(=O)C2CCc4cccc(OC)c4C2)C3)cc(Cl)n1. The number of carbonyl (C=O) groups is 2. The number of methoxy groups -OCH3 is 2. The van der Waals surface area contributed by atoms with E-state index in [0.29, 0.717) is 24.5 Å². The van der Waals surface area contributed by atoms with Crippen molar-refractivity contribution in [2.75, 3.05) is 40.4 Å². The zero-order valence-corrected chi connectivity index (χ0v) is 21.1. The Kier molecular flexibility index (Phi) is 6.62. The van der Waals surface area contributed by atoms with E-state index >= 15 is 0 Å². The van der Waals surface area contributed by atoms with Gasteiger partial charge >= 0.3 is 0 Å². The summed E-state index contributed by atoms with van der Waals surface area (Å²) in [5.41, 5.74) is 3.09. The summed E-state index contributed by atoms with van der Waals surface area (Å²) >= 11 is 6.06. The summed E-state index contributed by atoms with van der Waals surface area (Å²) < 4.78 is 10.7. The number of hydrogen-bond donors (Lipinski definition) is 0. The van der Waals surface area contributed by atoms with Crippen LogP contribution in [0.1, 0.15) is 47.2 Å². The molecule has 0 N–H and O–H groups in total. The van der Waals surface area contributed by atoms with Gasteiger partial charge in [-0.05, 0) is 67.2 Å². The number of likely N-dealkylation sites (tertiary alicyclic amines) is 2. The third kappa shape index (κ3) is 4.70. The molecular weight excluding hydrogens is 466 g/mol. The van der Waals surface area contributed by atoms with Crippen LogP contribution in [-0.2, 0) is 17.6 Å². The van der Waals surface area contributed by atoms with Crippen LogP contribution in [0.5, 0.6) is 11.6 Å². The number of aryl methyl sites for hydroxylation is 1. The Hall–Kier alpha value is -2.80. The molecule has 2 aromatic rings. The highest BCUT2D eigenvalue weighted by atomic mass is 35.5. The molecule has 1 unspecified atom stereocenters. The first-order chi connectivity index (χ1) is 16.9. The molecule has 35 heavy (non-hydrogen) atoms. The molecule has 1 atom stereocenters. The van der Waals surface area contributed by atoms with Crippen molar-refractivity contribution in [1.82, 2.24) is 14.8 Å². The normalized spacial score (nSPS) is 21.1. The molecule has 0 saturated carbocycles. The number of halogens is 1. The molecule has 7 nitrogen and oxygen atoms in total. The fourth-order valence-corrected chi connectivity index (χ4v) is 6.22. The van der Waals surface area contributed by atoms with Gasteiger partial charge in [0.05, 0.1) is 14.2 Å². The van der Waals surface area contributed by atoms with E-state index in [1.807, 2.05) is 17.0 Å². The minimum Gasteiger partial charge on any atom is -0.496 e. The minimum atomic E-state index is -0.0526. The lowest BCUT2D eigenvalue weighted by Gasteiger charge is -2.39. The van der Waals surface area contributed by atoms with Gasteiger partial charge in [-0.3, -0.25) is 9.59 Å². The summed E-state index contributed by atoms with van der Waals surface area (Å²) in [6.07, 6.45) is 5.37. The second-order valence-electron chi connectivity index (χ2n) is 10.1. The van der Waals surface area contributed by atoms with E-state index in [4.69, 9.17) is 21.1 Å². The molecule has 2 aliphatic heterocycles. The van der Waals surface area contributed by atoms with Crippen LogP contribution < -0.4 is 9.47 Å². The second-order valence-corrected chi connectivity index (χ2v) is 10.4. The Bertz CT molecular complexity index is 1120. The maximum Gasteiger partial charge on any atom is 0.254 e. The molecular formula is C27H32ClN3O4. The number of rotatable bonds is 4. The molecule has 8 heteroatoms. The Morgan fingerprint density at radius 3 is 2.51 bits per heavy atom. The van der Waals surface area contributed by atoms with Gasteiger partial charge in [0.25, 0.3) is 5.91 Å². The van der Waals surface area contributed by atoms with Crippen LogP contribution >= 0.6 is 11.6 Å². The van der Waals surface area contributed by atoms with Gasteiger partial charge in [0.1, 0.15) is 10.9 Å². The van der Waals surface area contributed by atoms with Gasteiger partial charge in [0.15, 0.2) is 0 Å². The number of fused-ring (bicyclic) bond motifs is 1. The standard InChI is InChI=1S/C27H32ClN3O4/c1-34-22-5-3-4-18-6-7-19(14-21(18)22)25(32)31-13-10-27(17-31)8-11-30(12-9-27)26(33)20-15-23(28)29-24(16-20)35-2/h3-5,15-16,19H,6-14,17H2,1-2H3. The Labute approximate surface area is 211 Å². The third-order valence-electron chi connectivity index (χ3n) is 8.10. The lowest BCUT2D eigenvalue weighted by molar-refractivity contribution is -0.135. The number of piperidine rings is 1. The van der Waals surface area contributed by atoms with Crippen LogP contribution in [0.4, 0.5) is 0 Å². The van der Waals surface area contributed by atoms with Gasteiger partial charge in [0.2, 0.25) is 11.8 Å². The molecule has 1 aromatic carbocycles. The first-order valence-corrected chi connectivity index (χ1v) is 12.7. The number of amides is 2. The summed E-state index contributed by atoms with van der Waals surface area (Å²) in [5, 5.41) is 0.245. The summed E-state index contributed by atoms with van der Waals surface area (Å²) in [5.74, 6) is 1.46. The molecule has 2 saturated heterocycles. The number of carbonyl (C=O) groups excluding carboxylic acids is 2.